The summed E-state index contributed by atoms with van der Waals surface area (Å²) in [4.78, 5) is 0. The Balaban J connectivity index is 1.57. The van der Waals surface area contributed by atoms with Crippen LogP contribution in [0.5, 0.6) is 11.5 Å². The van der Waals surface area contributed by atoms with Gasteiger partial charge in [-0.15, -0.1) is 0 Å². The van der Waals surface area contributed by atoms with Gasteiger partial charge in [-0.1, -0.05) is 34.1 Å². The van der Waals surface area contributed by atoms with Crippen LogP contribution in [0.4, 0.5) is 5.69 Å². The summed E-state index contributed by atoms with van der Waals surface area (Å²) in [7, 11) is 3.27. The van der Waals surface area contributed by atoms with Gasteiger partial charge in [-0.3, -0.25) is 4.68 Å². The SMILES string of the molecule is COc1ccc(CCNC(=S)Nc2c(C)nn(Cc3ccc(Br)cc3)c2C)cc1OC. The summed E-state index contributed by atoms with van der Waals surface area (Å²) in [5, 5.41) is 11.8. The lowest BCUT2D eigenvalue weighted by Gasteiger charge is -2.12. The number of thiocarbonyl (C=S) groups is 1. The number of methoxy groups -OCH3 is 2. The van der Waals surface area contributed by atoms with Crippen LogP contribution in [0.1, 0.15) is 22.5 Å². The standard InChI is InChI=1S/C23H27BrN4O2S/c1-15-22(16(2)28(27-15)14-18-5-8-19(24)9-6-18)26-23(31)25-12-11-17-7-10-20(29-3)21(13-17)30-4/h5-10,13H,11-12,14H2,1-4H3,(H2,25,26,31). The first-order valence-corrected chi connectivity index (χ1v) is 11.2. The third-order valence-corrected chi connectivity index (χ3v) is 5.79. The number of rotatable bonds is 8. The monoisotopic (exact) mass is 502 g/mol. The molecule has 0 aliphatic rings. The largest absolute Gasteiger partial charge is 0.493 e. The highest BCUT2D eigenvalue weighted by Crippen LogP contribution is 2.27. The van der Waals surface area contributed by atoms with Crippen molar-refractivity contribution in [1.82, 2.24) is 15.1 Å². The second kappa shape index (κ2) is 10.6. The van der Waals surface area contributed by atoms with Gasteiger partial charge < -0.3 is 20.1 Å². The summed E-state index contributed by atoms with van der Waals surface area (Å²) >= 11 is 8.97. The molecular formula is C23H27BrN4O2S. The summed E-state index contributed by atoms with van der Waals surface area (Å²) in [5.74, 6) is 1.45. The fourth-order valence-electron chi connectivity index (χ4n) is 3.31. The van der Waals surface area contributed by atoms with Crippen molar-refractivity contribution >= 4 is 38.9 Å². The zero-order valence-electron chi connectivity index (χ0n) is 18.2. The maximum Gasteiger partial charge on any atom is 0.170 e. The molecular weight excluding hydrogens is 476 g/mol. The van der Waals surface area contributed by atoms with E-state index in [0.717, 1.165) is 45.0 Å². The van der Waals surface area contributed by atoms with Crippen molar-refractivity contribution in [3.05, 3.63) is 69.5 Å². The van der Waals surface area contributed by atoms with E-state index in [1.807, 2.05) is 48.9 Å². The van der Waals surface area contributed by atoms with Crippen molar-refractivity contribution in [3.63, 3.8) is 0 Å². The van der Waals surface area contributed by atoms with E-state index in [9.17, 15) is 0 Å². The molecule has 3 rings (SSSR count). The number of halogens is 1. The van der Waals surface area contributed by atoms with E-state index < -0.39 is 0 Å². The molecule has 0 radical (unpaired) electrons. The molecule has 0 atom stereocenters. The Kier molecular flexibility index (Phi) is 7.92. The third kappa shape index (κ3) is 5.98. The topological polar surface area (TPSA) is 60.3 Å². The maximum atomic E-state index is 5.50. The van der Waals surface area contributed by atoms with Gasteiger partial charge in [0.2, 0.25) is 0 Å². The third-order valence-electron chi connectivity index (χ3n) is 5.01. The van der Waals surface area contributed by atoms with Crippen LogP contribution in [0.25, 0.3) is 0 Å². The Labute approximate surface area is 197 Å². The van der Waals surface area contributed by atoms with Crippen LogP contribution in [-0.4, -0.2) is 35.7 Å². The molecule has 8 heteroatoms. The summed E-state index contributed by atoms with van der Waals surface area (Å²) in [6, 6.07) is 14.2. The first-order valence-electron chi connectivity index (χ1n) is 9.95. The smallest absolute Gasteiger partial charge is 0.170 e. The van der Waals surface area contributed by atoms with Crippen LogP contribution in [0.15, 0.2) is 46.9 Å². The molecule has 3 aromatic rings. The van der Waals surface area contributed by atoms with E-state index in [0.29, 0.717) is 18.2 Å². The number of nitrogens with zero attached hydrogens (tertiary/aromatic N) is 2. The number of benzene rings is 2. The van der Waals surface area contributed by atoms with Gasteiger partial charge in [-0.2, -0.15) is 5.10 Å². The van der Waals surface area contributed by atoms with Gasteiger partial charge in [-0.25, -0.2) is 0 Å². The summed E-state index contributed by atoms with van der Waals surface area (Å²) in [6.45, 7) is 5.45. The minimum atomic E-state index is 0.579. The predicted molar refractivity (Wildman–Crippen MR) is 132 cm³/mol. The molecule has 2 aromatic carbocycles. The van der Waals surface area contributed by atoms with Crippen LogP contribution >= 0.6 is 28.1 Å². The van der Waals surface area contributed by atoms with Crippen LogP contribution in [-0.2, 0) is 13.0 Å². The number of hydrogen-bond acceptors (Lipinski definition) is 4. The Bertz CT molecular complexity index is 1050. The average Bonchev–Trinajstić information content (AvgIpc) is 3.02. The lowest BCUT2D eigenvalue weighted by Crippen LogP contribution is -2.30. The molecule has 1 aromatic heterocycles. The Morgan fingerprint density at radius 2 is 1.71 bits per heavy atom. The van der Waals surface area contributed by atoms with E-state index in [-0.39, 0.29) is 0 Å². The van der Waals surface area contributed by atoms with Crippen molar-refractivity contribution in [2.24, 2.45) is 0 Å². The highest BCUT2D eigenvalue weighted by molar-refractivity contribution is 9.10. The van der Waals surface area contributed by atoms with Crippen LogP contribution in [0, 0.1) is 13.8 Å². The molecule has 0 aliphatic carbocycles. The molecule has 0 saturated heterocycles. The fraction of sp³-hybridized carbons (Fsp3) is 0.304. The van der Waals surface area contributed by atoms with Gasteiger partial charge >= 0.3 is 0 Å². The Morgan fingerprint density at radius 3 is 2.39 bits per heavy atom. The lowest BCUT2D eigenvalue weighted by atomic mass is 10.1. The predicted octanol–water partition coefficient (Wildman–Crippen LogP) is 4.86. The summed E-state index contributed by atoms with van der Waals surface area (Å²) in [5.41, 5.74) is 5.24. The second-order valence-electron chi connectivity index (χ2n) is 7.15. The molecule has 0 fully saturated rings. The Morgan fingerprint density at radius 1 is 1.03 bits per heavy atom. The first-order chi connectivity index (χ1) is 14.9. The van der Waals surface area contributed by atoms with E-state index in [4.69, 9.17) is 21.7 Å². The second-order valence-corrected chi connectivity index (χ2v) is 8.47. The normalized spacial score (nSPS) is 10.6. The summed E-state index contributed by atoms with van der Waals surface area (Å²) in [6.07, 6.45) is 0.808. The molecule has 0 aliphatic heterocycles. The van der Waals surface area contributed by atoms with E-state index >= 15 is 0 Å². The average molecular weight is 503 g/mol. The van der Waals surface area contributed by atoms with E-state index in [1.165, 1.54) is 5.56 Å². The number of anilines is 1. The van der Waals surface area contributed by atoms with Crippen molar-refractivity contribution in [3.8, 4) is 11.5 Å². The van der Waals surface area contributed by atoms with E-state index in [1.54, 1.807) is 14.2 Å². The number of aryl methyl sites for hydroxylation is 1. The van der Waals surface area contributed by atoms with Gasteiger partial charge in [0.15, 0.2) is 16.6 Å². The van der Waals surface area contributed by atoms with Gasteiger partial charge in [0.05, 0.1) is 37.8 Å². The molecule has 1 heterocycles. The van der Waals surface area contributed by atoms with Crippen molar-refractivity contribution in [2.75, 3.05) is 26.1 Å². The fourth-order valence-corrected chi connectivity index (χ4v) is 3.78. The van der Waals surface area contributed by atoms with Gasteiger partial charge in [0.1, 0.15) is 0 Å². The molecule has 2 N–H and O–H groups in total. The number of nitrogens with one attached hydrogen (secondary N) is 2. The highest BCUT2D eigenvalue weighted by atomic mass is 79.9. The van der Waals surface area contributed by atoms with Crippen molar-refractivity contribution in [2.45, 2.75) is 26.8 Å². The lowest BCUT2D eigenvalue weighted by molar-refractivity contribution is 0.354. The molecule has 0 unspecified atom stereocenters. The number of aromatic nitrogens is 2. The molecule has 6 nitrogen and oxygen atoms in total. The van der Waals surface area contributed by atoms with Crippen LogP contribution in [0.3, 0.4) is 0 Å². The summed E-state index contributed by atoms with van der Waals surface area (Å²) < 4.78 is 13.7. The van der Waals surface area contributed by atoms with Gasteiger partial charge in [-0.05, 0) is 67.9 Å². The highest BCUT2D eigenvalue weighted by Gasteiger charge is 2.13. The van der Waals surface area contributed by atoms with Crippen LogP contribution in [0.2, 0.25) is 0 Å². The van der Waals surface area contributed by atoms with Crippen molar-refractivity contribution < 1.29 is 9.47 Å². The molecule has 164 valence electrons. The zero-order valence-corrected chi connectivity index (χ0v) is 20.6. The van der Waals surface area contributed by atoms with Gasteiger partial charge in [0, 0.05) is 11.0 Å². The first kappa shape index (κ1) is 23.1. The minimum absolute atomic E-state index is 0.579. The molecule has 31 heavy (non-hydrogen) atoms. The Hall–Kier alpha value is -2.58. The van der Waals surface area contributed by atoms with Crippen LogP contribution < -0.4 is 20.1 Å². The quantitative estimate of drug-likeness (QED) is 0.429. The number of ether oxygens (including phenoxy) is 2. The zero-order chi connectivity index (χ0) is 22.4. The van der Waals surface area contributed by atoms with E-state index in [2.05, 4.69) is 43.8 Å². The number of hydrogen-bond donors (Lipinski definition) is 2. The molecule has 0 bridgehead atoms. The minimum Gasteiger partial charge on any atom is -0.493 e. The molecule has 0 amide bonds. The molecule has 0 spiro atoms. The van der Waals surface area contributed by atoms with Crippen molar-refractivity contribution in [1.29, 1.82) is 0 Å². The van der Waals surface area contributed by atoms with Gasteiger partial charge in [0.25, 0.3) is 0 Å². The maximum absolute atomic E-state index is 5.50. The molecule has 0 saturated carbocycles.